The van der Waals surface area contributed by atoms with Crippen molar-refractivity contribution >= 4 is 10.0 Å². The molecule has 1 heterocycles. The molecular weight excluding hydrogens is 328 g/mol. The number of benzene rings is 1. The number of nitrogens with two attached hydrogens (primary N) is 1. The zero-order valence-corrected chi connectivity index (χ0v) is 14.2. The van der Waals surface area contributed by atoms with Gasteiger partial charge < -0.3 is 5.11 Å². The van der Waals surface area contributed by atoms with E-state index in [1.807, 2.05) is 6.20 Å². The second-order valence-corrected chi connectivity index (χ2v) is 8.12. The van der Waals surface area contributed by atoms with E-state index in [1.165, 1.54) is 18.6 Å². The molecule has 3 N–H and O–H groups in total. The highest BCUT2D eigenvalue weighted by molar-refractivity contribution is 7.89. The molecule has 0 atom stereocenters. The minimum Gasteiger partial charge on any atom is -0.389 e. The largest absolute Gasteiger partial charge is 0.389 e. The van der Waals surface area contributed by atoms with Crippen molar-refractivity contribution in [2.45, 2.75) is 55.6 Å². The van der Waals surface area contributed by atoms with E-state index in [2.05, 4.69) is 10.3 Å². The molecule has 0 bridgehead atoms. The number of aliphatic hydroxyl groups is 1. The van der Waals surface area contributed by atoms with Crippen LogP contribution in [0.15, 0.2) is 35.4 Å². The van der Waals surface area contributed by atoms with E-state index in [9.17, 15) is 13.5 Å². The Labute approximate surface area is 141 Å². The van der Waals surface area contributed by atoms with Crippen LogP contribution in [0.25, 0.3) is 0 Å². The standard InChI is InChI=1S/C16H22N4O3S/c17-24(22,23)15-6-4-13(5-7-15)11-20-12-14(18-19-20)10-16(21)8-2-1-3-9-16/h4-7,12,21H,1-3,8-11H2,(H2,17,22,23). The predicted molar refractivity (Wildman–Crippen MR) is 88.7 cm³/mol. The van der Waals surface area contributed by atoms with E-state index in [0.717, 1.165) is 36.9 Å². The summed E-state index contributed by atoms with van der Waals surface area (Å²) in [5, 5.41) is 23.9. The van der Waals surface area contributed by atoms with Gasteiger partial charge in [0.25, 0.3) is 0 Å². The lowest BCUT2D eigenvalue weighted by molar-refractivity contribution is 0.00364. The number of nitrogens with zero attached hydrogens (tertiary/aromatic N) is 3. The van der Waals surface area contributed by atoms with Crippen molar-refractivity contribution in [2.75, 3.05) is 0 Å². The van der Waals surface area contributed by atoms with Gasteiger partial charge in [0.1, 0.15) is 0 Å². The Morgan fingerprint density at radius 1 is 1.17 bits per heavy atom. The summed E-state index contributed by atoms with van der Waals surface area (Å²) in [5.41, 5.74) is 1.02. The van der Waals surface area contributed by atoms with Crippen LogP contribution in [0.4, 0.5) is 0 Å². The Hall–Kier alpha value is -1.77. The third-order valence-corrected chi connectivity index (χ3v) is 5.41. The third kappa shape index (κ3) is 4.19. The molecule has 0 saturated heterocycles. The maximum absolute atomic E-state index is 11.3. The lowest BCUT2D eigenvalue weighted by Gasteiger charge is -2.31. The molecule has 0 radical (unpaired) electrons. The number of aromatic nitrogens is 3. The average Bonchev–Trinajstić information content (AvgIpc) is 2.94. The Kier molecular flexibility index (Phi) is 4.71. The van der Waals surface area contributed by atoms with Crippen LogP contribution < -0.4 is 5.14 Å². The van der Waals surface area contributed by atoms with Gasteiger partial charge in [-0.15, -0.1) is 5.10 Å². The Balaban J connectivity index is 1.65. The molecule has 24 heavy (non-hydrogen) atoms. The third-order valence-electron chi connectivity index (χ3n) is 4.48. The first kappa shape index (κ1) is 17.1. The topological polar surface area (TPSA) is 111 Å². The van der Waals surface area contributed by atoms with E-state index in [4.69, 9.17) is 5.14 Å². The van der Waals surface area contributed by atoms with Crippen LogP contribution in [0.5, 0.6) is 0 Å². The molecule has 1 saturated carbocycles. The molecule has 0 amide bonds. The lowest BCUT2D eigenvalue weighted by atomic mass is 9.82. The van der Waals surface area contributed by atoms with Crippen molar-refractivity contribution in [1.82, 2.24) is 15.0 Å². The summed E-state index contributed by atoms with van der Waals surface area (Å²) >= 11 is 0. The zero-order valence-electron chi connectivity index (χ0n) is 13.4. The quantitative estimate of drug-likeness (QED) is 0.842. The predicted octanol–water partition coefficient (Wildman–Crippen LogP) is 1.21. The van der Waals surface area contributed by atoms with E-state index in [1.54, 1.807) is 16.8 Å². The van der Waals surface area contributed by atoms with Gasteiger partial charge in [0.15, 0.2) is 0 Å². The summed E-state index contributed by atoms with van der Waals surface area (Å²) < 4.78 is 24.2. The first-order valence-corrected chi connectivity index (χ1v) is 9.62. The fourth-order valence-corrected chi connectivity index (χ4v) is 3.71. The van der Waals surface area contributed by atoms with Gasteiger partial charge >= 0.3 is 0 Å². The maximum atomic E-state index is 11.3. The van der Waals surface area contributed by atoms with Crippen LogP contribution in [0.3, 0.4) is 0 Å². The van der Waals surface area contributed by atoms with Crippen molar-refractivity contribution in [3.8, 4) is 0 Å². The zero-order chi connectivity index (χ0) is 17.2. The molecule has 3 rings (SSSR count). The molecular formula is C16H22N4O3S. The minimum absolute atomic E-state index is 0.0880. The highest BCUT2D eigenvalue weighted by atomic mass is 32.2. The van der Waals surface area contributed by atoms with Gasteiger partial charge in [-0.05, 0) is 30.5 Å². The highest BCUT2D eigenvalue weighted by Gasteiger charge is 2.30. The number of hydrogen-bond acceptors (Lipinski definition) is 5. The van der Waals surface area contributed by atoms with Crippen LogP contribution in [0.1, 0.15) is 43.4 Å². The smallest absolute Gasteiger partial charge is 0.238 e. The van der Waals surface area contributed by atoms with Crippen LogP contribution in [-0.4, -0.2) is 34.1 Å². The molecule has 1 aliphatic carbocycles. The molecule has 7 nitrogen and oxygen atoms in total. The number of hydrogen-bond donors (Lipinski definition) is 2. The van der Waals surface area contributed by atoms with Crippen LogP contribution in [-0.2, 0) is 23.0 Å². The molecule has 1 aromatic heterocycles. The van der Waals surface area contributed by atoms with Gasteiger partial charge in [-0.1, -0.05) is 36.6 Å². The number of rotatable bonds is 5. The Bertz CT molecular complexity index is 793. The Morgan fingerprint density at radius 2 is 1.83 bits per heavy atom. The first-order valence-electron chi connectivity index (χ1n) is 8.07. The van der Waals surface area contributed by atoms with Crippen LogP contribution >= 0.6 is 0 Å². The van der Waals surface area contributed by atoms with E-state index in [0.29, 0.717) is 13.0 Å². The minimum atomic E-state index is -3.67. The molecule has 1 aromatic carbocycles. The van der Waals surface area contributed by atoms with Crippen molar-refractivity contribution in [3.05, 3.63) is 41.7 Å². The molecule has 0 spiro atoms. The van der Waals surface area contributed by atoms with Crippen molar-refractivity contribution < 1.29 is 13.5 Å². The normalized spacial score (nSPS) is 17.8. The molecule has 1 aliphatic rings. The SMILES string of the molecule is NS(=O)(=O)c1ccc(Cn2cc(CC3(O)CCCCC3)nn2)cc1. The summed E-state index contributed by atoms with van der Waals surface area (Å²) in [4.78, 5) is 0.0880. The van der Waals surface area contributed by atoms with E-state index < -0.39 is 15.6 Å². The molecule has 130 valence electrons. The second kappa shape index (κ2) is 6.62. The fourth-order valence-electron chi connectivity index (χ4n) is 3.19. The highest BCUT2D eigenvalue weighted by Crippen LogP contribution is 2.30. The van der Waals surface area contributed by atoms with E-state index >= 15 is 0 Å². The number of sulfonamides is 1. The molecule has 0 aliphatic heterocycles. The maximum Gasteiger partial charge on any atom is 0.238 e. The fraction of sp³-hybridized carbons (Fsp3) is 0.500. The molecule has 2 aromatic rings. The lowest BCUT2D eigenvalue weighted by Crippen LogP contribution is -2.33. The summed E-state index contributed by atoms with van der Waals surface area (Å²) in [5.74, 6) is 0. The molecule has 1 fully saturated rings. The van der Waals surface area contributed by atoms with E-state index in [-0.39, 0.29) is 4.90 Å². The average molecular weight is 350 g/mol. The summed E-state index contributed by atoms with van der Waals surface area (Å²) in [6.07, 6.45) is 7.28. The number of primary sulfonamides is 1. The first-order chi connectivity index (χ1) is 11.3. The van der Waals surface area contributed by atoms with Gasteiger partial charge in [-0.2, -0.15) is 0 Å². The molecule has 8 heteroatoms. The van der Waals surface area contributed by atoms with Crippen molar-refractivity contribution in [1.29, 1.82) is 0 Å². The summed E-state index contributed by atoms with van der Waals surface area (Å²) in [7, 11) is -3.67. The van der Waals surface area contributed by atoms with Gasteiger partial charge in [0.2, 0.25) is 10.0 Å². The Morgan fingerprint density at radius 3 is 2.46 bits per heavy atom. The van der Waals surface area contributed by atoms with Gasteiger partial charge in [-0.25, -0.2) is 18.2 Å². The van der Waals surface area contributed by atoms with Gasteiger partial charge in [0, 0.05) is 12.6 Å². The van der Waals surface area contributed by atoms with Gasteiger partial charge in [0.05, 0.1) is 22.7 Å². The van der Waals surface area contributed by atoms with Gasteiger partial charge in [-0.3, -0.25) is 0 Å². The van der Waals surface area contributed by atoms with Crippen LogP contribution in [0, 0.1) is 0 Å². The molecule has 0 unspecified atom stereocenters. The summed E-state index contributed by atoms with van der Waals surface area (Å²) in [6, 6.07) is 6.37. The van der Waals surface area contributed by atoms with Crippen molar-refractivity contribution in [2.24, 2.45) is 5.14 Å². The summed E-state index contributed by atoms with van der Waals surface area (Å²) in [6.45, 7) is 0.482. The second-order valence-electron chi connectivity index (χ2n) is 6.56. The monoisotopic (exact) mass is 350 g/mol. The van der Waals surface area contributed by atoms with Crippen molar-refractivity contribution in [3.63, 3.8) is 0 Å². The van der Waals surface area contributed by atoms with Crippen LogP contribution in [0.2, 0.25) is 0 Å².